The molecule has 1 aliphatic heterocycles. The summed E-state index contributed by atoms with van der Waals surface area (Å²) in [6.45, 7) is 5.79. The van der Waals surface area contributed by atoms with Crippen molar-refractivity contribution in [2.24, 2.45) is 0 Å². The van der Waals surface area contributed by atoms with Crippen LogP contribution in [0.2, 0.25) is 10.0 Å². The molecule has 1 fully saturated rings. The molecule has 0 spiro atoms. The zero-order chi connectivity index (χ0) is 24.2. The molecule has 10 heteroatoms. The van der Waals surface area contributed by atoms with Gasteiger partial charge in [-0.05, 0) is 43.3 Å². The van der Waals surface area contributed by atoms with Crippen LogP contribution < -0.4 is 10.2 Å². The molecule has 4 rings (SSSR count). The van der Waals surface area contributed by atoms with Gasteiger partial charge in [-0.1, -0.05) is 23.2 Å². The summed E-state index contributed by atoms with van der Waals surface area (Å²) in [5.74, 6) is -0.321. The van der Waals surface area contributed by atoms with Gasteiger partial charge in [0.25, 0.3) is 5.91 Å². The molecule has 0 aliphatic carbocycles. The number of hydrogen-bond donors (Lipinski definition) is 2. The van der Waals surface area contributed by atoms with E-state index in [0.29, 0.717) is 44.8 Å². The van der Waals surface area contributed by atoms with E-state index in [1.807, 2.05) is 6.07 Å². The standard InChI is InChI=1S/C24H24Cl2N6O2/c1-16-20(15-28-32(16)19-3-4-21(25)22(26)13-19)24(34)29-18-2-5-23(17(12-18)14-27)31-8-6-30(7-9-31)10-11-33/h2-5,12-13,15,33H,6-11H2,1H3,(H,29,34). The average Bonchev–Trinajstić information content (AvgIpc) is 3.23. The highest BCUT2D eigenvalue weighted by atomic mass is 35.5. The third kappa shape index (κ3) is 5.03. The van der Waals surface area contributed by atoms with Crippen molar-refractivity contribution in [2.75, 3.05) is 49.5 Å². The van der Waals surface area contributed by atoms with Gasteiger partial charge in [0.05, 0.1) is 51.0 Å². The summed E-state index contributed by atoms with van der Waals surface area (Å²) >= 11 is 12.1. The Hall–Kier alpha value is -3.09. The number of hydrogen-bond acceptors (Lipinski definition) is 6. The quantitative estimate of drug-likeness (QED) is 0.537. The van der Waals surface area contributed by atoms with E-state index in [-0.39, 0.29) is 12.5 Å². The SMILES string of the molecule is Cc1c(C(=O)Nc2ccc(N3CCN(CCO)CC3)c(C#N)c2)cnn1-c1ccc(Cl)c(Cl)c1. The van der Waals surface area contributed by atoms with Crippen LogP contribution in [0.1, 0.15) is 21.6 Å². The van der Waals surface area contributed by atoms with E-state index < -0.39 is 0 Å². The highest BCUT2D eigenvalue weighted by molar-refractivity contribution is 6.42. The van der Waals surface area contributed by atoms with Crippen molar-refractivity contribution in [1.29, 1.82) is 5.26 Å². The number of nitrogens with one attached hydrogen (secondary N) is 1. The second kappa shape index (κ2) is 10.5. The first-order valence-corrected chi connectivity index (χ1v) is 11.6. The predicted octanol–water partition coefficient (Wildman–Crippen LogP) is 3.73. The Morgan fingerprint density at radius 1 is 1.15 bits per heavy atom. The number of nitriles is 1. The maximum Gasteiger partial charge on any atom is 0.259 e. The van der Waals surface area contributed by atoms with Crippen LogP contribution in [-0.4, -0.2) is 65.0 Å². The van der Waals surface area contributed by atoms with Gasteiger partial charge in [-0.2, -0.15) is 10.4 Å². The summed E-state index contributed by atoms with van der Waals surface area (Å²) in [6, 6.07) is 12.7. The van der Waals surface area contributed by atoms with E-state index in [2.05, 4.69) is 26.3 Å². The highest BCUT2D eigenvalue weighted by Crippen LogP contribution is 2.27. The molecule has 0 atom stereocenters. The number of β-amino-alcohol motifs (C(OH)–C–C–N with tert-alkyl or cyclic N) is 1. The first kappa shape index (κ1) is 24.0. The summed E-state index contributed by atoms with van der Waals surface area (Å²) in [5, 5.41) is 26.9. The van der Waals surface area contributed by atoms with E-state index >= 15 is 0 Å². The Balaban J connectivity index is 1.49. The number of amides is 1. The van der Waals surface area contributed by atoms with Crippen molar-refractivity contribution in [3.63, 3.8) is 0 Å². The number of carbonyl (C=O) groups excluding carboxylic acids is 1. The van der Waals surface area contributed by atoms with Crippen LogP contribution in [0.5, 0.6) is 0 Å². The van der Waals surface area contributed by atoms with Gasteiger partial charge in [-0.25, -0.2) is 4.68 Å². The molecule has 1 amide bonds. The van der Waals surface area contributed by atoms with E-state index in [1.54, 1.807) is 41.9 Å². The van der Waals surface area contributed by atoms with Crippen molar-refractivity contribution in [1.82, 2.24) is 14.7 Å². The molecule has 3 aromatic rings. The lowest BCUT2D eigenvalue weighted by molar-refractivity contribution is 0.102. The maximum atomic E-state index is 13.0. The van der Waals surface area contributed by atoms with Crippen LogP contribution in [0, 0.1) is 18.3 Å². The molecule has 2 heterocycles. The van der Waals surface area contributed by atoms with Gasteiger partial charge in [0.1, 0.15) is 6.07 Å². The third-order valence-corrected chi connectivity index (χ3v) is 6.65. The third-order valence-electron chi connectivity index (χ3n) is 5.91. The van der Waals surface area contributed by atoms with E-state index in [1.165, 1.54) is 6.20 Å². The van der Waals surface area contributed by atoms with Gasteiger partial charge in [0.2, 0.25) is 0 Å². The van der Waals surface area contributed by atoms with Crippen molar-refractivity contribution >= 4 is 40.5 Å². The minimum Gasteiger partial charge on any atom is -0.395 e. The molecule has 0 radical (unpaired) electrons. The fourth-order valence-corrected chi connectivity index (χ4v) is 4.33. The Kier molecular flexibility index (Phi) is 7.39. The van der Waals surface area contributed by atoms with Crippen LogP contribution in [0.15, 0.2) is 42.6 Å². The smallest absolute Gasteiger partial charge is 0.259 e. The largest absolute Gasteiger partial charge is 0.395 e. The molecule has 0 bridgehead atoms. The summed E-state index contributed by atoms with van der Waals surface area (Å²) in [5.41, 5.74) is 3.62. The van der Waals surface area contributed by atoms with Gasteiger partial charge < -0.3 is 15.3 Å². The minimum atomic E-state index is -0.321. The molecule has 1 saturated heterocycles. The zero-order valence-electron chi connectivity index (χ0n) is 18.6. The zero-order valence-corrected chi connectivity index (χ0v) is 20.1. The number of aromatic nitrogens is 2. The second-order valence-corrected chi connectivity index (χ2v) is 8.82. The lowest BCUT2D eigenvalue weighted by Crippen LogP contribution is -2.47. The lowest BCUT2D eigenvalue weighted by atomic mass is 10.1. The van der Waals surface area contributed by atoms with Crippen LogP contribution in [0.4, 0.5) is 11.4 Å². The molecular formula is C24H24Cl2N6O2. The van der Waals surface area contributed by atoms with Crippen LogP contribution >= 0.6 is 23.2 Å². The Morgan fingerprint density at radius 2 is 1.91 bits per heavy atom. The Morgan fingerprint density at radius 3 is 2.59 bits per heavy atom. The molecular weight excluding hydrogens is 475 g/mol. The normalized spacial score (nSPS) is 14.1. The second-order valence-electron chi connectivity index (χ2n) is 8.00. The first-order valence-electron chi connectivity index (χ1n) is 10.8. The summed E-state index contributed by atoms with van der Waals surface area (Å²) in [6.07, 6.45) is 1.50. The average molecular weight is 499 g/mol. The van der Waals surface area contributed by atoms with Gasteiger partial charge in [-0.15, -0.1) is 0 Å². The van der Waals surface area contributed by atoms with Crippen molar-refractivity contribution in [3.8, 4) is 11.8 Å². The monoisotopic (exact) mass is 498 g/mol. The van der Waals surface area contributed by atoms with Crippen molar-refractivity contribution in [2.45, 2.75) is 6.92 Å². The van der Waals surface area contributed by atoms with E-state index in [0.717, 1.165) is 31.9 Å². The predicted molar refractivity (Wildman–Crippen MR) is 133 cm³/mol. The number of aliphatic hydroxyl groups is 1. The topological polar surface area (TPSA) is 97.4 Å². The molecule has 176 valence electrons. The molecule has 8 nitrogen and oxygen atoms in total. The molecule has 2 N–H and O–H groups in total. The van der Waals surface area contributed by atoms with Crippen molar-refractivity contribution < 1.29 is 9.90 Å². The number of halogens is 2. The fraction of sp³-hybridized carbons (Fsp3) is 0.292. The highest BCUT2D eigenvalue weighted by Gasteiger charge is 2.20. The fourth-order valence-electron chi connectivity index (χ4n) is 4.04. The number of rotatable bonds is 6. The van der Waals surface area contributed by atoms with Gasteiger partial charge in [0, 0.05) is 38.4 Å². The van der Waals surface area contributed by atoms with E-state index in [4.69, 9.17) is 28.3 Å². The van der Waals surface area contributed by atoms with Crippen LogP contribution in [0.25, 0.3) is 5.69 Å². The molecule has 0 unspecified atom stereocenters. The number of piperazine rings is 1. The Bertz CT molecular complexity index is 1240. The van der Waals surface area contributed by atoms with Gasteiger partial charge in [-0.3, -0.25) is 9.69 Å². The summed E-state index contributed by atoms with van der Waals surface area (Å²) in [4.78, 5) is 17.3. The van der Waals surface area contributed by atoms with Crippen LogP contribution in [-0.2, 0) is 0 Å². The summed E-state index contributed by atoms with van der Waals surface area (Å²) < 4.78 is 1.62. The Labute approximate surface area is 207 Å². The summed E-state index contributed by atoms with van der Waals surface area (Å²) in [7, 11) is 0. The molecule has 0 saturated carbocycles. The number of aliphatic hydroxyl groups excluding tert-OH is 1. The van der Waals surface area contributed by atoms with Crippen LogP contribution in [0.3, 0.4) is 0 Å². The number of benzene rings is 2. The maximum absolute atomic E-state index is 13.0. The number of anilines is 2. The van der Waals surface area contributed by atoms with E-state index in [9.17, 15) is 10.1 Å². The molecule has 1 aliphatic rings. The number of nitrogens with zero attached hydrogens (tertiary/aromatic N) is 5. The van der Waals surface area contributed by atoms with Crippen molar-refractivity contribution in [3.05, 3.63) is 69.5 Å². The first-order chi connectivity index (χ1) is 16.4. The minimum absolute atomic E-state index is 0.143. The molecule has 1 aromatic heterocycles. The molecule has 2 aromatic carbocycles. The lowest BCUT2D eigenvalue weighted by Gasteiger charge is -2.36. The van der Waals surface area contributed by atoms with Gasteiger partial charge in [0.15, 0.2) is 0 Å². The van der Waals surface area contributed by atoms with Gasteiger partial charge >= 0.3 is 0 Å². The molecule has 34 heavy (non-hydrogen) atoms. The number of carbonyl (C=O) groups is 1.